The van der Waals surface area contributed by atoms with E-state index in [1.165, 1.54) is 0 Å². The van der Waals surface area contributed by atoms with Crippen LogP contribution in [0, 0.1) is 66.2 Å². The topological polar surface area (TPSA) is 132 Å². The minimum atomic E-state index is -1.75. The summed E-state index contributed by atoms with van der Waals surface area (Å²) in [6.45, 7) is 0. The van der Waals surface area contributed by atoms with Gasteiger partial charge in [-0.3, -0.25) is 0 Å². The molecule has 0 spiro atoms. The summed E-state index contributed by atoms with van der Waals surface area (Å²) >= 11 is 0. The van der Waals surface area contributed by atoms with Gasteiger partial charge in [0.25, 0.3) is 0 Å². The molecule has 10 heavy (non-hydrogen) atoms. The molecule has 0 atom stereocenters. The Morgan fingerprint density at radius 1 is 0.800 bits per heavy atom. The van der Waals surface area contributed by atoms with Gasteiger partial charge in [-0.1, -0.05) is 0 Å². The molecule has 48 valence electrons. The van der Waals surface area contributed by atoms with Crippen LogP contribution in [0.4, 0.5) is 0 Å². The summed E-state index contributed by atoms with van der Waals surface area (Å²) in [5, 5.41) is 29.5. The third kappa shape index (κ3) is 8990. The molecule has 0 aromatic rings. The fraction of sp³-hybridized carbons (Fsp3) is 0. The van der Waals surface area contributed by atoms with Gasteiger partial charge in [0, 0.05) is 0 Å². The first-order valence-electron chi connectivity index (χ1n) is 1.10. The fourth-order valence-electron chi connectivity index (χ4n) is 0. The average Bonchev–Trinajstić information content (AvgIpc) is 1.25. The Bertz CT molecular complexity index is 73.7. The summed E-state index contributed by atoms with van der Waals surface area (Å²) in [6, 6.07) is 0. The fourth-order valence-corrected chi connectivity index (χ4v) is 0. The molecule has 0 aliphatic carbocycles. The van der Waals surface area contributed by atoms with Crippen LogP contribution >= 0.6 is 0 Å². The van der Waals surface area contributed by atoms with Gasteiger partial charge < -0.3 is 30.6 Å². The largest absolute Gasteiger partial charge is 3.00 e. The summed E-state index contributed by atoms with van der Waals surface area (Å²) < 4.78 is 0. The van der Waals surface area contributed by atoms with Crippen LogP contribution in [0.1, 0.15) is 0 Å². The number of rotatable bonds is 0. The van der Waals surface area contributed by atoms with E-state index in [-0.39, 0.29) is 55.1 Å². The van der Waals surface area contributed by atoms with Crippen molar-refractivity contribution < 1.29 is 65.3 Å². The van der Waals surface area contributed by atoms with E-state index >= 15 is 0 Å². The Morgan fingerprint density at radius 2 is 0.800 bits per heavy atom. The molecule has 10 heteroatoms. The zero-order valence-electron chi connectivity index (χ0n) is 4.63. The van der Waals surface area contributed by atoms with Gasteiger partial charge in [-0.2, -0.15) is 0 Å². The first kappa shape index (κ1) is 22.5. The van der Waals surface area contributed by atoms with E-state index in [0.717, 1.165) is 0 Å². The van der Waals surface area contributed by atoms with Gasteiger partial charge in [0.15, 0.2) is 0 Å². The van der Waals surface area contributed by atoms with E-state index in [0.29, 0.717) is 0 Å². The standard InChI is InChI=1S/La.2NO3.Zn/c;2*2-1(3)4;/q+3;2*-1;+2. The van der Waals surface area contributed by atoms with E-state index < -0.39 is 10.2 Å². The predicted molar refractivity (Wildman–Crippen MR) is 20.7 cm³/mol. The SMILES string of the molecule is O=[N+]([O-])[O-].O=[N+]([O-])[O-].[La+3].[Zn+2]. The van der Waals surface area contributed by atoms with Crippen LogP contribution in [0.15, 0.2) is 0 Å². The molecule has 0 aliphatic rings. The molecule has 0 rings (SSSR count). The zero-order chi connectivity index (χ0) is 7.15. The monoisotopic (exact) mass is 327 g/mol. The van der Waals surface area contributed by atoms with Gasteiger partial charge in [0.05, 0.1) is 10.2 Å². The van der Waals surface area contributed by atoms with Crippen molar-refractivity contribution in [3.63, 3.8) is 0 Å². The van der Waals surface area contributed by atoms with Crippen LogP contribution in [0.3, 0.4) is 0 Å². The Kier molecular flexibility index (Phi) is 36.2. The van der Waals surface area contributed by atoms with Crippen LogP contribution in [-0.2, 0) is 19.5 Å². The number of nitrogens with zero attached hydrogens (tertiary/aromatic N) is 2. The third-order valence-electron chi connectivity index (χ3n) is 0. The second kappa shape index (κ2) is 16.1. The molecule has 0 heterocycles. The maximum Gasteiger partial charge on any atom is 3.00 e. The molecule has 0 bridgehead atoms. The molecule has 0 amide bonds. The third-order valence-corrected chi connectivity index (χ3v) is 0. The predicted octanol–water partition coefficient (Wildman–Crippen LogP) is -0.481. The Labute approximate surface area is 95.2 Å². The van der Waals surface area contributed by atoms with Crippen molar-refractivity contribution in [2.75, 3.05) is 0 Å². The zero-order valence-corrected chi connectivity index (χ0v) is 11.2. The van der Waals surface area contributed by atoms with Crippen molar-refractivity contribution >= 4 is 0 Å². The van der Waals surface area contributed by atoms with Crippen molar-refractivity contribution in [2.45, 2.75) is 0 Å². The molecule has 0 aromatic heterocycles. The summed E-state index contributed by atoms with van der Waals surface area (Å²) in [5.41, 5.74) is 0. The molecule has 0 N–H and O–H groups in total. The average molecular weight is 328 g/mol. The van der Waals surface area contributed by atoms with Gasteiger partial charge >= 0.3 is 55.1 Å². The molecular formula is LaN2O6Zn+3. The summed E-state index contributed by atoms with van der Waals surface area (Å²) in [7, 11) is 0. The molecule has 0 unspecified atom stereocenters. The summed E-state index contributed by atoms with van der Waals surface area (Å²) in [4.78, 5) is 16.5. The van der Waals surface area contributed by atoms with Crippen molar-refractivity contribution in [3.8, 4) is 0 Å². The summed E-state index contributed by atoms with van der Waals surface area (Å²) in [5.74, 6) is 0. The Hall–Kier alpha value is 0.218. The van der Waals surface area contributed by atoms with Crippen LogP contribution in [0.25, 0.3) is 0 Å². The van der Waals surface area contributed by atoms with Gasteiger partial charge in [-0.15, -0.1) is 0 Å². The molecular weight excluding hydrogens is 328 g/mol. The number of hydrogen-bond donors (Lipinski definition) is 0. The maximum absolute atomic E-state index is 8.25. The summed E-state index contributed by atoms with van der Waals surface area (Å²) in [6.07, 6.45) is 0. The van der Waals surface area contributed by atoms with E-state index in [1.54, 1.807) is 0 Å². The molecule has 8 nitrogen and oxygen atoms in total. The molecule has 0 saturated heterocycles. The van der Waals surface area contributed by atoms with Crippen LogP contribution in [0.2, 0.25) is 0 Å². The minimum Gasteiger partial charge on any atom is -0.356 e. The molecule has 0 fully saturated rings. The second-order valence-corrected chi connectivity index (χ2v) is 0.447. The first-order chi connectivity index (χ1) is 3.46. The smallest absolute Gasteiger partial charge is 0.356 e. The first-order valence-corrected chi connectivity index (χ1v) is 1.10. The second-order valence-electron chi connectivity index (χ2n) is 0.447. The van der Waals surface area contributed by atoms with Crippen LogP contribution in [0.5, 0.6) is 0 Å². The number of hydrogen-bond acceptors (Lipinski definition) is 6. The van der Waals surface area contributed by atoms with Crippen molar-refractivity contribution in [2.24, 2.45) is 0 Å². The minimum absolute atomic E-state index is 0. The molecule has 0 saturated carbocycles. The van der Waals surface area contributed by atoms with Crippen molar-refractivity contribution in [1.82, 2.24) is 0 Å². The van der Waals surface area contributed by atoms with Gasteiger partial charge in [-0.25, -0.2) is 0 Å². The normalized spacial score (nSPS) is 4.80. The van der Waals surface area contributed by atoms with Gasteiger partial charge in [0.1, 0.15) is 0 Å². The van der Waals surface area contributed by atoms with Crippen LogP contribution in [-0.4, -0.2) is 10.2 Å². The van der Waals surface area contributed by atoms with Crippen LogP contribution < -0.4 is 0 Å². The molecule has 0 radical (unpaired) electrons. The van der Waals surface area contributed by atoms with Gasteiger partial charge in [0.2, 0.25) is 0 Å². The Morgan fingerprint density at radius 3 is 0.800 bits per heavy atom. The quantitative estimate of drug-likeness (QED) is 0.335. The van der Waals surface area contributed by atoms with Crippen molar-refractivity contribution in [3.05, 3.63) is 30.6 Å². The molecule has 0 aliphatic heterocycles. The van der Waals surface area contributed by atoms with E-state index in [1.807, 2.05) is 0 Å². The van der Waals surface area contributed by atoms with Crippen molar-refractivity contribution in [1.29, 1.82) is 0 Å². The van der Waals surface area contributed by atoms with Gasteiger partial charge in [-0.05, 0) is 0 Å². The van der Waals surface area contributed by atoms with E-state index in [4.69, 9.17) is 30.6 Å². The molecule has 0 aromatic carbocycles. The Balaban J connectivity index is -0.0000000300. The van der Waals surface area contributed by atoms with E-state index in [9.17, 15) is 0 Å². The maximum atomic E-state index is 8.25. The van der Waals surface area contributed by atoms with E-state index in [2.05, 4.69) is 0 Å².